The van der Waals surface area contributed by atoms with Crippen LogP contribution in [0.5, 0.6) is 0 Å². The normalized spacial score (nSPS) is 13.8. The first-order chi connectivity index (χ1) is 8.32. The van der Waals surface area contributed by atoms with Crippen LogP contribution in [0.1, 0.15) is 26.2 Å². The van der Waals surface area contributed by atoms with Crippen LogP contribution < -0.4 is 11.1 Å². The highest BCUT2D eigenvalue weighted by atomic mass is 16.4. The van der Waals surface area contributed by atoms with Gasteiger partial charge < -0.3 is 26.2 Å². The Morgan fingerprint density at radius 1 is 1.39 bits per heavy atom. The van der Waals surface area contributed by atoms with Crippen molar-refractivity contribution in [2.45, 2.75) is 38.5 Å². The highest BCUT2D eigenvalue weighted by molar-refractivity contribution is 6.40. The van der Waals surface area contributed by atoms with E-state index >= 15 is 0 Å². The van der Waals surface area contributed by atoms with E-state index in [1.165, 1.54) is 0 Å². The second-order valence-corrected chi connectivity index (χ2v) is 4.41. The molecule has 8 heteroatoms. The second-order valence-electron chi connectivity index (χ2n) is 4.41. The number of hydrogen-bond acceptors (Lipinski definition) is 5. The molecule has 0 aromatic carbocycles. The molecule has 0 heterocycles. The zero-order chi connectivity index (χ0) is 14.1. The van der Waals surface area contributed by atoms with Crippen molar-refractivity contribution in [3.8, 4) is 0 Å². The largest absolute Gasteiger partial charge is 0.481 e. The van der Waals surface area contributed by atoms with E-state index in [0.717, 1.165) is 0 Å². The first-order valence-corrected chi connectivity index (χ1v) is 5.94. The number of carboxylic acid groups (broad SMARTS) is 1. The quantitative estimate of drug-likeness (QED) is 0.330. The summed E-state index contributed by atoms with van der Waals surface area (Å²) < 4.78 is 0. The van der Waals surface area contributed by atoms with E-state index in [1.807, 2.05) is 0 Å². The maximum atomic E-state index is 11.3. The van der Waals surface area contributed by atoms with Crippen LogP contribution in [0.3, 0.4) is 0 Å². The van der Waals surface area contributed by atoms with E-state index in [1.54, 1.807) is 6.92 Å². The summed E-state index contributed by atoms with van der Waals surface area (Å²) in [5.41, 5.74) is 5.37. The minimum Gasteiger partial charge on any atom is -0.481 e. The standard InChI is InChI=1S/C10H21BN2O5/c1-7(12)10(16)13-6-8(5-9(14)15)3-2-4-11(17)18/h7-8,17-18H,2-6,12H2,1H3,(H,13,16)(H,14,15)/t7-,8+/m0/s1. The monoisotopic (exact) mass is 260 g/mol. The van der Waals surface area contributed by atoms with Crippen molar-refractivity contribution >= 4 is 19.0 Å². The van der Waals surface area contributed by atoms with Crippen LogP contribution in [0.15, 0.2) is 0 Å². The molecule has 0 aliphatic carbocycles. The van der Waals surface area contributed by atoms with Crippen LogP contribution in [-0.4, -0.2) is 46.7 Å². The van der Waals surface area contributed by atoms with Gasteiger partial charge in [-0.2, -0.15) is 0 Å². The molecule has 0 radical (unpaired) electrons. The molecule has 0 bridgehead atoms. The van der Waals surface area contributed by atoms with Gasteiger partial charge in [-0.25, -0.2) is 0 Å². The second kappa shape index (κ2) is 8.90. The maximum Gasteiger partial charge on any atom is 0.451 e. The molecule has 0 aromatic heterocycles. The third-order valence-electron chi connectivity index (χ3n) is 2.52. The highest BCUT2D eigenvalue weighted by Crippen LogP contribution is 2.13. The first kappa shape index (κ1) is 16.9. The van der Waals surface area contributed by atoms with E-state index in [9.17, 15) is 9.59 Å². The van der Waals surface area contributed by atoms with Gasteiger partial charge in [-0.15, -0.1) is 0 Å². The lowest BCUT2D eigenvalue weighted by Crippen LogP contribution is -2.40. The highest BCUT2D eigenvalue weighted by Gasteiger charge is 2.17. The average Bonchev–Trinajstić information content (AvgIpc) is 2.23. The number of hydrogen-bond donors (Lipinski definition) is 5. The molecule has 6 N–H and O–H groups in total. The molecular formula is C10H21BN2O5. The zero-order valence-electron chi connectivity index (χ0n) is 10.5. The van der Waals surface area contributed by atoms with Gasteiger partial charge in [-0.05, 0) is 25.6 Å². The van der Waals surface area contributed by atoms with Crippen molar-refractivity contribution in [2.24, 2.45) is 11.7 Å². The Morgan fingerprint density at radius 2 is 2.00 bits per heavy atom. The molecule has 0 spiro atoms. The molecule has 18 heavy (non-hydrogen) atoms. The van der Waals surface area contributed by atoms with E-state index < -0.39 is 19.1 Å². The summed E-state index contributed by atoms with van der Waals surface area (Å²) in [5.74, 6) is -1.50. The minimum absolute atomic E-state index is 0.0687. The van der Waals surface area contributed by atoms with E-state index in [0.29, 0.717) is 12.8 Å². The van der Waals surface area contributed by atoms with Crippen molar-refractivity contribution in [3.63, 3.8) is 0 Å². The average molecular weight is 260 g/mol. The molecule has 2 atom stereocenters. The molecule has 0 aliphatic rings. The van der Waals surface area contributed by atoms with Gasteiger partial charge in [-0.3, -0.25) is 9.59 Å². The van der Waals surface area contributed by atoms with Gasteiger partial charge in [0.2, 0.25) is 5.91 Å². The summed E-state index contributed by atoms with van der Waals surface area (Å²) in [6, 6.07) is -0.630. The lowest BCUT2D eigenvalue weighted by molar-refractivity contribution is -0.138. The molecular weight excluding hydrogens is 239 g/mol. The van der Waals surface area contributed by atoms with Crippen LogP contribution in [0.4, 0.5) is 0 Å². The van der Waals surface area contributed by atoms with Gasteiger partial charge in [0.25, 0.3) is 0 Å². The van der Waals surface area contributed by atoms with Crippen molar-refractivity contribution < 1.29 is 24.7 Å². The van der Waals surface area contributed by atoms with Gasteiger partial charge in [-0.1, -0.05) is 6.42 Å². The number of aliphatic carboxylic acids is 1. The SMILES string of the molecule is C[C@H](N)C(=O)NC[C@H](CCCB(O)O)CC(=O)O. The van der Waals surface area contributed by atoms with Crippen LogP contribution in [-0.2, 0) is 9.59 Å². The van der Waals surface area contributed by atoms with Gasteiger partial charge >= 0.3 is 13.1 Å². The number of rotatable bonds is 9. The Balaban J connectivity index is 4.06. The number of nitrogens with two attached hydrogens (primary N) is 1. The topological polar surface area (TPSA) is 133 Å². The third-order valence-corrected chi connectivity index (χ3v) is 2.52. The minimum atomic E-state index is -1.38. The Bertz CT molecular complexity index is 273. The number of carboxylic acids is 1. The van der Waals surface area contributed by atoms with E-state index in [2.05, 4.69) is 5.32 Å². The molecule has 0 saturated carbocycles. The predicted octanol–water partition coefficient (Wildman–Crippen LogP) is -1.21. The molecule has 0 fully saturated rings. The smallest absolute Gasteiger partial charge is 0.451 e. The van der Waals surface area contributed by atoms with Gasteiger partial charge in [0.05, 0.1) is 6.04 Å². The molecule has 0 saturated heterocycles. The van der Waals surface area contributed by atoms with Crippen molar-refractivity contribution in [1.82, 2.24) is 5.32 Å². The Kier molecular flexibility index (Phi) is 8.35. The fraction of sp³-hybridized carbons (Fsp3) is 0.800. The molecule has 1 amide bonds. The van der Waals surface area contributed by atoms with Crippen molar-refractivity contribution in [1.29, 1.82) is 0 Å². The summed E-state index contributed by atoms with van der Waals surface area (Å²) in [7, 11) is -1.38. The molecule has 0 aromatic rings. The fourth-order valence-corrected chi connectivity index (χ4v) is 1.52. The molecule has 0 unspecified atom stereocenters. The zero-order valence-corrected chi connectivity index (χ0v) is 10.5. The molecule has 0 aliphatic heterocycles. The summed E-state index contributed by atoms with van der Waals surface area (Å²) in [4.78, 5) is 21.9. The molecule has 7 nitrogen and oxygen atoms in total. The van der Waals surface area contributed by atoms with Gasteiger partial charge in [0.15, 0.2) is 0 Å². The molecule has 104 valence electrons. The first-order valence-electron chi connectivity index (χ1n) is 5.94. The number of nitrogens with one attached hydrogen (secondary N) is 1. The number of amides is 1. The third kappa shape index (κ3) is 8.97. The number of carbonyl (C=O) groups excluding carboxylic acids is 1. The van der Waals surface area contributed by atoms with Crippen molar-refractivity contribution in [3.05, 3.63) is 0 Å². The maximum absolute atomic E-state index is 11.3. The van der Waals surface area contributed by atoms with Crippen LogP contribution >= 0.6 is 0 Å². The number of carbonyl (C=O) groups is 2. The van der Waals surface area contributed by atoms with Crippen LogP contribution in [0, 0.1) is 5.92 Å². The predicted molar refractivity (Wildman–Crippen MR) is 66.6 cm³/mol. The Labute approximate surface area is 107 Å². The summed E-state index contributed by atoms with van der Waals surface area (Å²) >= 11 is 0. The summed E-state index contributed by atoms with van der Waals surface area (Å²) in [6.45, 7) is 1.78. The van der Waals surface area contributed by atoms with Crippen LogP contribution in [0.25, 0.3) is 0 Å². The van der Waals surface area contributed by atoms with Gasteiger partial charge in [0.1, 0.15) is 0 Å². The van der Waals surface area contributed by atoms with Crippen LogP contribution in [0.2, 0.25) is 6.32 Å². The van der Waals surface area contributed by atoms with Crippen molar-refractivity contribution in [2.75, 3.05) is 6.54 Å². The molecule has 0 rings (SSSR count). The fourth-order valence-electron chi connectivity index (χ4n) is 1.52. The van der Waals surface area contributed by atoms with E-state index in [-0.39, 0.29) is 31.1 Å². The van der Waals surface area contributed by atoms with Gasteiger partial charge in [0, 0.05) is 13.0 Å². The van der Waals surface area contributed by atoms with E-state index in [4.69, 9.17) is 20.9 Å². The lowest BCUT2D eigenvalue weighted by atomic mass is 9.82. The Morgan fingerprint density at radius 3 is 2.44 bits per heavy atom. The Hall–Kier alpha value is -1.12. The summed E-state index contributed by atoms with van der Waals surface area (Å²) in [6.07, 6.45) is 1.12. The lowest BCUT2D eigenvalue weighted by Gasteiger charge is -2.16. The summed E-state index contributed by atoms with van der Waals surface area (Å²) in [5, 5.41) is 28.7.